The molecular weight excluding hydrogens is 506 g/mol. The summed E-state index contributed by atoms with van der Waals surface area (Å²) < 4.78 is 41.0. The van der Waals surface area contributed by atoms with Gasteiger partial charge in [-0.15, -0.1) is 0 Å². The van der Waals surface area contributed by atoms with E-state index >= 15 is 0 Å². The zero-order valence-electron chi connectivity index (χ0n) is 19.7. The highest BCUT2D eigenvalue weighted by Crippen LogP contribution is 2.39. The van der Waals surface area contributed by atoms with E-state index in [4.69, 9.17) is 9.47 Å². The van der Waals surface area contributed by atoms with Crippen LogP contribution in [0.1, 0.15) is 24.7 Å². The summed E-state index contributed by atoms with van der Waals surface area (Å²) >= 11 is 0. The fraction of sp³-hybridized carbons (Fsp3) is 0.261. The second-order valence-corrected chi connectivity index (χ2v) is 10.1. The van der Waals surface area contributed by atoms with Crippen LogP contribution in [0.5, 0.6) is 11.5 Å². The van der Waals surface area contributed by atoms with Crippen molar-refractivity contribution in [1.29, 1.82) is 0 Å². The van der Waals surface area contributed by atoms with Crippen LogP contribution in [0.15, 0.2) is 40.0 Å². The molecule has 1 saturated heterocycles. The van der Waals surface area contributed by atoms with E-state index in [0.717, 1.165) is 0 Å². The van der Waals surface area contributed by atoms with Gasteiger partial charge in [-0.25, -0.2) is 9.71 Å². The standard InChI is InChI=1S/C23H21N5O8S/c1-11-24-21-12(23(32)28(11)15-6-7-19(29)26-22(15)31)4-3-5-13(21)27-37(33,34)18-9-16-14(8-17(18)35-2)25-20(30)10-36-16/h3-5,8-9,15H,6-7,10H2,1-2H3,(H3-,25,26,27,29,30,31,33,34). The van der Waals surface area contributed by atoms with E-state index in [0.29, 0.717) is 0 Å². The minimum Gasteiger partial charge on any atom is -0.588 e. The Hall–Kier alpha value is -4.30. The molecule has 2 unspecified atom stereocenters. The number of para-hydroxylation sites is 1. The summed E-state index contributed by atoms with van der Waals surface area (Å²) in [6, 6.07) is 6.06. The number of hydrogen-bond acceptors (Lipinski definition) is 9. The number of benzene rings is 2. The maximum Gasteiger partial charge on any atom is 0.262 e. The van der Waals surface area contributed by atoms with Crippen molar-refractivity contribution in [2.75, 3.05) is 23.8 Å². The number of imide groups is 1. The van der Waals surface area contributed by atoms with E-state index in [1.54, 1.807) is 0 Å². The van der Waals surface area contributed by atoms with Crippen LogP contribution in [0, 0.1) is 6.92 Å². The lowest BCUT2D eigenvalue weighted by Gasteiger charge is -2.25. The fourth-order valence-electron chi connectivity index (χ4n) is 4.36. The third kappa shape index (κ3) is 4.29. The van der Waals surface area contributed by atoms with Crippen molar-refractivity contribution >= 4 is 50.4 Å². The zero-order valence-corrected chi connectivity index (χ0v) is 20.5. The first-order valence-electron chi connectivity index (χ1n) is 11.1. The van der Waals surface area contributed by atoms with Crippen molar-refractivity contribution in [3.63, 3.8) is 0 Å². The number of nitrogens with one attached hydrogen (secondary N) is 3. The largest absolute Gasteiger partial charge is 0.588 e. The maximum atomic E-state index is 13.4. The number of carbonyl (C=O) groups is 3. The minimum absolute atomic E-state index is 0.0297. The molecule has 1 aromatic heterocycles. The van der Waals surface area contributed by atoms with Gasteiger partial charge < -0.3 is 19.3 Å². The van der Waals surface area contributed by atoms with Crippen LogP contribution in [-0.4, -0.2) is 45.5 Å². The number of sulfonamides is 1. The number of fused-ring (bicyclic) bond motifs is 2. The number of rotatable bonds is 5. The zero-order chi connectivity index (χ0) is 26.5. The molecule has 0 spiro atoms. The number of methoxy groups -OCH3 is 1. The summed E-state index contributed by atoms with van der Waals surface area (Å²) in [7, 11) is -3.00. The van der Waals surface area contributed by atoms with Crippen LogP contribution in [-0.2, 0) is 29.0 Å². The highest BCUT2D eigenvalue weighted by atomic mass is 32.3. The number of carbonyl (C=O) groups excluding carboxylic acids is 3. The van der Waals surface area contributed by atoms with Gasteiger partial charge in [-0.05, 0) is 25.5 Å². The van der Waals surface area contributed by atoms with Gasteiger partial charge in [0.05, 0.1) is 18.2 Å². The second kappa shape index (κ2) is 8.97. The van der Waals surface area contributed by atoms with Crippen LogP contribution in [0.4, 0.5) is 11.4 Å². The summed E-state index contributed by atoms with van der Waals surface area (Å²) in [6.07, 6.45) is 0.224. The van der Waals surface area contributed by atoms with Gasteiger partial charge in [0.1, 0.15) is 28.8 Å². The molecule has 2 aliphatic heterocycles. The molecule has 1 fully saturated rings. The monoisotopic (exact) mass is 527 g/mol. The molecule has 3 amide bonds. The SMILES string of the molecule is COc1cc2c(cc1[S+](=O)([O-])Nc1cccc3c(=O)n(C4CCC(=O)NC4=O)c(C)nc13)OCC(=O)N2. The first-order chi connectivity index (χ1) is 17.6. The molecule has 3 aromatic rings. The van der Waals surface area contributed by atoms with E-state index in [9.17, 15) is 27.9 Å². The Bertz CT molecular complexity index is 1600. The third-order valence-electron chi connectivity index (χ3n) is 6.06. The quantitative estimate of drug-likeness (QED) is 0.323. The summed E-state index contributed by atoms with van der Waals surface area (Å²) in [4.78, 5) is 53.1. The molecule has 2 aromatic carbocycles. The van der Waals surface area contributed by atoms with Crippen LogP contribution in [0.25, 0.3) is 10.9 Å². The highest BCUT2D eigenvalue weighted by molar-refractivity contribution is 7.99. The van der Waals surface area contributed by atoms with Gasteiger partial charge in [-0.3, -0.25) is 29.1 Å². The molecule has 0 radical (unpaired) electrons. The topological polar surface area (TPSA) is 181 Å². The number of anilines is 2. The van der Waals surface area contributed by atoms with Crippen molar-refractivity contribution in [3.05, 3.63) is 46.5 Å². The van der Waals surface area contributed by atoms with Gasteiger partial charge in [0.15, 0.2) is 22.8 Å². The van der Waals surface area contributed by atoms with Crippen LogP contribution in [0.2, 0.25) is 0 Å². The molecule has 2 atom stereocenters. The van der Waals surface area contributed by atoms with Crippen molar-refractivity contribution in [2.24, 2.45) is 0 Å². The van der Waals surface area contributed by atoms with Gasteiger partial charge in [-0.1, -0.05) is 10.3 Å². The van der Waals surface area contributed by atoms with Crippen molar-refractivity contribution in [3.8, 4) is 11.5 Å². The summed E-state index contributed by atoms with van der Waals surface area (Å²) in [5.41, 5.74) is -0.170. The Morgan fingerprint density at radius 1 is 1.19 bits per heavy atom. The highest BCUT2D eigenvalue weighted by Gasteiger charge is 2.33. The van der Waals surface area contributed by atoms with Gasteiger partial charge >= 0.3 is 0 Å². The number of aryl methyl sites for hydroxylation is 1. The number of nitrogens with zero attached hydrogens (tertiary/aromatic N) is 2. The van der Waals surface area contributed by atoms with Gasteiger partial charge in [0, 0.05) is 18.6 Å². The number of aromatic nitrogens is 2. The summed E-state index contributed by atoms with van der Waals surface area (Å²) in [5.74, 6) is -1.11. The predicted molar refractivity (Wildman–Crippen MR) is 130 cm³/mol. The normalized spacial score (nSPS) is 18.8. The first-order valence-corrected chi connectivity index (χ1v) is 12.6. The molecule has 13 nitrogen and oxygen atoms in total. The number of amides is 3. The van der Waals surface area contributed by atoms with Gasteiger partial charge in [-0.2, -0.15) is 0 Å². The minimum atomic E-state index is -4.28. The maximum absolute atomic E-state index is 13.4. The molecule has 5 rings (SSSR count). The molecule has 0 saturated carbocycles. The lowest BCUT2D eigenvalue weighted by atomic mass is 10.1. The second-order valence-electron chi connectivity index (χ2n) is 8.44. The molecule has 3 heterocycles. The average Bonchev–Trinajstić information content (AvgIpc) is 2.84. The molecule has 0 bridgehead atoms. The van der Waals surface area contributed by atoms with E-state index < -0.39 is 33.8 Å². The molecule has 3 N–H and O–H groups in total. The number of piperidine rings is 1. The summed E-state index contributed by atoms with van der Waals surface area (Å²) in [5, 5.41) is 4.89. The van der Waals surface area contributed by atoms with Gasteiger partial charge in [0.2, 0.25) is 16.7 Å². The van der Waals surface area contributed by atoms with Crippen LogP contribution in [0.3, 0.4) is 0 Å². The van der Waals surface area contributed by atoms with Crippen LogP contribution >= 0.6 is 0 Å². The Morgan fingerprint density at radius 2 is 1.97 bits per heavy atom. The van der Waals surface area contributed by atoms with E-state index in [1.807, 2.05) is 0 Å². The van der Waals surface area contributed by atoms with Gasteiger partial charge in [0.25, 0.3) is 11.5 Å². The number of ether oxygens (including phenoxy) is 2. The van der Waals surface area contributed by atoms with Crippen molar-refractivity contribution in [1.82, 2.24) is 14.9 Å². The van der Waals surface area contributed by atoms with Crippen LogP contribution < -0.4 is 30.4 Å². The lowest BCUT2D eigenvalue weighted by Crippen LogP contribution is -2.45. The molecular formula is C23H21N5O8S. The van der Waals surface area contributed by atoms with Crippen molar-refractivity contribution in [2.45, 2.75) is 30.7 Å². The fourth-order valence-corrected chi connectivity index (χ4v) is 5.60. The molecule has 2 aliphatic rings. The summed E-state index contributed by atoms with van der Waals surface area (Å²) in [6.45, 7) is 1.26. The predicted octanol–water partition coefficient (Wildman–Crippen LogP) is 1.04. The van der Waals surface area contributed by atoms with Crippen molar-refractivity contribution < 1.29 is 32.6 Å². The molecule has 192 valence electrons. The van der Waals surface area contributed by atoms with E-state index in [2.05, 4.69) is 20.3 Å². The Kier molecular flexibility index (Phi) is 5.92. The third-order valence-corrected chi connectivity index (χ3v) is 7.45. The molecule has 0 aliphatic carbocycles. The molecule has 14 heteroatoms. The Morgan fingerprint density at radius 3 is 2.70 bits per heavy atom. The lowest BCUT2D eigenvalue weighted by molar-refractivity contribution is -0.135. The smallest absolute Gasteiger partial charge is 0.262 e. The Labute approximate surface area is 210 Å². The first kappa shape index (κ1) is 24.4. The number of hydrogen-bond donors (Lipinski definition) is 3. The van der Waals surface area contributed by atoms with E-state index in [1.165, 1.54) is 48.9 Å². The Balaban J connectivity index is 1.56. The molecule has 37 heavy (non-hydrogen) atoms. The van der Waals surface area contributed by atoms with E-state index in [-0.39, 0.29) is 69.9 Å². The average molecular weight is 528 g/mol.